The third-order valence-corrected chi connectivity index (χ3v) is 5.15. The highest BCUT2D eigenvalue weighted by Gasteiger charge is 2.21. The first-order chi connectivity index (χ1) is 16.0. The number of aryl methyl sites for hydroxylation is 1. The average Bonchev–Trinajstić information content (AvgIpc) is 3.10. The van der Waals surface area contributed by atoms with Crippen LogP contribution in [0.15, 0.2) is 54.6 Å². The lowest BCUT2D eigenvalue weighted by Crippen LogP contribution is -2.14. The van der Waals surface area contributed by atoms with E-state index in [1.165, 1.54) is 24.3 Å². The molecule has 2 aromatic heterocycles. The second-order valence-corrected chi connectivity index (χ2v) is 7.40. The summed E-state index contributed by atoms with van der Waals surface area (Å²) in [6, 6.07) is 15.5. The number of fused-ring (bicyclic) bond motifs is 2. The number of benzene rings is 2. The zero-order chi connectivity index (χ0) is 23.4. The maximum atomic E-state index is 12.7. The molecule has 0 atom stereocenters. The van der Waals surface area contributed by atoms with Crippen molar-refractivity contribution in [3.63, 3.8) is 0 Å². The highest BCUT2D eigenvalue weighted by molar-refractivity contribution is 6.05. The molecule has 9 heteroatoms. The SMILES string of the molecule is CCCCn1c(NC(=O)/C=C/c2cccc([N+](=O)[O-])c2)c(C#N)c2nc3ccccc3nc21. The average molecular weight is 440 g/mol. The van der Waals surface area contributed by atoms with Crippen LogP contribution >= 0.6 is 0 Å². The Bertz CT molecular complexity index is 1450. The van der Waals surface area contributed by atoms with Crippen LogP contribution < -0.4 is 5.32 Å². The first-order valence-corrected chi connectivity index (χ1v) is 10.4. The van der Waals surface area contributed by atoms with Crippen molar-refractivity contribution in [2.45, 2.75) is 26.3 Å². The van der Waals surface area contributed by atoms with Gasteiger partial charge in [0.15, 0.2) is 5.65 Å². The van der Waals surface area contributed by atoms with Gasteiger partial charge >= 0.3 is 0 Å². The van der Waals surface area contributed by atoms with Gasteiger partial charge in [0.2, 0.25) is 5.91 Å². The van der Waals surface area contributed by atoms with Gasteiger partial charge in [-0.25, -0.2) is 9.97 Å². The molecule has 164 valence electrons. The van der Waals surface area contributed by atoms with E-state index in [1.54, 1.807) is 12.1 Å². The molecule has 0 aliphatic heterocycles. The summed E-state index contributed by atoms with van der Waals surface area (Å²) in [5, 5.41) is 23.6. The lowest BCUT2D eigenvalue weighted by molar-refractivity contribution is -0.384. The number of nitro groups is 1. The van der Waals surface area contributed by atoms with E-state index in [1.807, 2.05) is 28.8 Å². The van der Waals surface area contributed by atoms with Gasteiger partial charge in [-0.1, -0.05) is 37.6 Å². The number of aromatic nitrogens is 3. The van der Waals surface area contributed by atoms with Crippen LogP contribution in [0.5, 0.6) is 0 Å². The number of rotatable bonds is 7. The van der Waals surface area contributed by atoms with Gasteiger partial charge in [0.05, 0.1) is 16.0 Å². The summed E-state index contributed by atoms with van der Waals surface area (Å²) < 4.78 is 1.82. The number of hydrogen-bond acceptors (Lipinski definition) is 6. The summed E-state index contributed by atoms with van der Waals surface area (Å²) in [6.45, 7) is 2.61. The van der Waals surface area contributed by atoms with Crippen LogP contribution in [0, 0.1) is 21.4 Å². The number of para-hydroxylation sites is 2. The molecule has 2 heterocycles. The zero-order valence-electron chi connectivity index (χ0n) is 17.9. The van der Waals surface area contributed by atoms with Crippen molar-refractivity contribution < 1.29 is 9.72 Å². The monoisotopic (exact) mass is 440 g/mol. The number of hydrogen-bond donors (Lipinski definition) is 1. The number of nitro benzene ring substituents is 1. The van der Waals surface area contributed by atoms with Crippen LogP contribution in [-0.2, 0) is 11.3 Å². The zero-order valence-corrected chi connectivity index (χ0v) is 17.9. The predicted molar refractivity (Wildman–Crippen MR) is 125 cm³/mol. The Morgan fingerprint density at radius 2 is 1.97 bits per heavy atom. The number of non-ortho nitro benzene ring substituents is 1. The van der Waals surface area contributed by atoms with Crippen molar-refractivity contribution in [1.29, 1.82) is 5.26 Å². The fourth-order valence-corrected chi connectivity index (χ4v) is 3.54. The Balaban J connectivity index is 1.73. The minimum absolute atomic E-state index is 0.0618. The van der Waals surface area contributed by atoms with E-state index in [0.717, 1.165) is 12.8 Å². The molecule has 33 heavy (non-hydrogen) atoms. The number of carbonyl (C=O) groups excluding carboxylic acids is 1. The molecule has 0 bridgehead atoms. The molecule has 0 aliphatic carbocycles. The molecule has 0 unspecified atom stereocenters. The molecule has 0 fully saturated rings. The first-order valence-electron chi connectivity index (χ1n) is 10.4. The van der Waals surface area contributed by atoms with Crippen LogP contribution in [0.25, 0.3) is 28.3 Å². The van der Waals surface area contributed by atoms with Gasteiger partial charge in [-0.3, -0.25) is 14.9 Å². The molecule has 1 amide bonds. The number of anilines is 1. The van der Waals surface area contributed by atoms with E-state index < -0.39 is 10.8 Å². The van der Waals surface area contributed by atoms with Gasteiger partial charge in [-0.15, -0.1) is 0 Å². The van der Waals surface area contributed by atoms with Crippen LogP contribution in [0.1, 0.15) is 30.9 Å². The van der Waals surface area contributed by atoms with E-state index in [2.05, 4.69) is 23.3 Å². The third-order valence-electron chi connectivity index (χ3n) is 5.15. The quantitative estimate of drug-likeness (QED) is 0.249. The van der Waals surface area contributed by atoms with Crippen LogP contribution in [0.2, 0.25) is 0 Å². The first kappa shape index (κ1) is 21.6. The Hall–Kier alpha value is -4.58. The fraction of sp³-hybridized carbons (Fsp3) is 0.167. The number of nitrogens with one attached hydrogen (secondary N) is 1. The van der Waals surface area contributed by atoms with Gasteiger partial charge in [0.25, 0.3) is 5.69 Å². The molecule has 0 radical (unpaired) electrons. The van der Waals surface area contributed by atoms with E-state index in [4.69, 9.17) is 4.98 Å². The number of carbonyl (C=O) groups is 1. The highest BCUT2D eigenvalue weighted by Crippen LogP contribution is 2.29. The maximum absolute atomic E-state index is 12.7. The topological polar surface area (TPSA) is 127 Å². The second-order valence-electron chi connectivity index (χ2n) is 7.40. The molecule has 0 aliphatic rings. The summed E-state index contributed by atoms with van der Waals surface area (Å²) in [5.74, 6) is -0.131. The summed E-state index contributed by atoms with van der Waals surface area (Å²) >= 11 is 0. The Kier molecular flexibility index (Phi) is 6.09. The van der Waals surface area contributed by atoms with Gasteiger partial charge in [0, 0.05) is 24.8 Å². The molecule has 1 N–H and O–H groups in total. The van der Waals surface area contributed by atoms with Crippen molar-refractivity contribution in [3.05, 3.63) is 75.8 Å². The predicted octanol–water partition coefficient (Wildman–Crippen LogP) is 4.82. The fourth-order valence-electron chi connectivity index (χ4n) is 3.54. The lowest BCUT2D eigenvalue weighted by Gasteiger charge is -2.10. The van der Waals surface area contributed by atoms with Crippen molar-refractivity contribution >= 4 is 45.7 Å². The molecule has 4 aromatic rings. The van der Waals surface area contributed by atoms with Crippen molar-refractivity contribution in [2.24, 2.45) is 0 Å². The highest BCUT2D eigenvalue weighted by atomic mass is 16.6. The Morgan fingerprint density at radius 1 is 1.21 bits per heavy atom. The second kappa shape index (κ2) is 9.28. The number of nitriles is 1. The van der Waals surface area contributed by atoms with Crippen molar-refractivity contribution in [3.8, 4) is 6.07 Å². The van der Waals surface area contributed by atoms with Crippen molar-refractivity contribution in [2.75, 3.05) is 5.32 Å². The van der Waals surface area contributed by atoms with Gasteiger partial charge in [-0.05, 0) is 30.2 Å². The van der Waals surface area contributed by atoms with Crippen LogP contribution in [0.4, 0.5) is 11.5 Å². The Labute approximate surface area is 189 Å². The van der Waals surface area contributed by atoms with Crippen LogP contribution in [0.3, 0.4) is 0 Å². The summed E-state index contributed by atoms with van der Waals surface area (Å²) in [7, 11) is 0. The minimum atomic E-state index is -0.493. The van der Waals surface area contributed by atoms with E-state index in [-0.39, 0.29) is 11.3 Å². The van der Waals surface area contributed by atoms with Crippen molar-refractivity contribution in [1.82, 2.24) is 14.5 Å². The summed E-state index contributed by atoms with van der Waals surface area (Å²) in [6.07, 6.45) is 4.51. The largest absolute Gasteiger partial charge is 0.309 e. The summed E-state index contributed by atoms with van der Waals surface area (Å²) in [5.41, 5.74) is 3.04. The number of unbranched alkanes of at least 4 members (excludes halogenated alkanes) is 1. The van der Waals surface area contributed by atoms with Crippen LogP contribution in [-0.4, -0.2) is 25.4 Å². The molecule has 0 saturated heterocycles. The van der Waals surface area contributed by atoms with E-state index in [0.29, 0.717) is 40.1 Å². The normalized spacial score (nSPS) is 11.2. The summed E-state index contributed by atoms with van der Waals surface area (Å²) in [4.78, 5) is 32.5. The molecule has 0 saturated carbocycles. The Morgan fingerprint density at radius 3 is 2.67 bits per heavy atom. The molecule has 4 rings (SSSR count). The van der Waals surface area contributed by atoms with E-state index in [9.17, 15) is 20.2 Å². The van der Waals surface area contributed by atoms with Gasteiger partial charge in [-0.2, -0.15) is 5.26 Å². The number of nitrogens with zero attached hydrogens (tertiary/aromatic N) is 5. The molecule has 2 aromatic carbocycles. The molecular formula is C24H20N6O3. The molecule has 9 nitrogen and oxygen atoms in total. The van der Waals surface area contributed by atoms with Gasteiger partial charge < -0.3 is 9.88 Å². The van der Waals surface area contributed by atoms with E-state index >= 15 is 0 Å². The molecule has 0 spiro atoms. The maximum Gasteiger partial charge on any atom is 0.270 e. The lowest BCUT2D eigenvalue weighted by atomic mass is 10.2. The minimum Gasteiger partial charge on any atom is -0.309 e. The number of amides is 1. The molecular weight excluding hydrogens is 420 g/mol. The smallest absolute Gasteiger partial charge is 0.270 e. The van der Waals surface area contributed by atoms with Gasteiger partial charge in [0.1, 0.15) is 23.0 Å². The third kappa shape index (κ3) is 4.41. The standard InChI is InChI=1S/C24H20N6O3/c1-2-3-13-29-23(28-21(31)12-11-16-7-6-8-17(14-16)30(32)33)18(15-25)22-24(29)27-20-10-5-4-9-19(20)26-22/h4-12,14H,2-3,13H2,1H3,(H,28,31)/b12-11+.